The van der Waals surface area contributed by atoms with Crippen LogP contribution in [0.4, 0.5) is 10.1 Å². The summed E-state index contributed by atoms with van der Waals surface area (Å²) >= 11 is 0. The van der Waals surface area contributed by atoms with Crippen molar-refractivity contribution in [2.24, 2.45) is 5.16 Å². The fraction of sp³-hybridized carbons (Fsp3) is 0.438. The standard InChI is InChI=1S/C16H19FN6O/c17-14-9-12(1-2-16(14)22-6-3-18-4-7-22)15-10-13(24-20-15)11-23-8-5-19-21-23/h1-2,5,8-9,13,18H,3-4,6-7,10-11H2/t13-/m0/s1. The van der Waals surface area contributed by atoms with Gasteiger partial charge in [-0.2, -0.15) is 0 Å². The van der Waals surface area contributed by atoms with Gasteiger partial charge in [0.15, 0.2) is 6.10 Å². The van der Waals surface area contributed by atoms with Crippen LogP contribution in [-0.4, -0.2) is 53.0 Å². The number of nitrogens with one attached hydrogen (secondary N) is 1. The molecule has 0 aliphatic carbocycles. The maximum Gasteiger partial charge on any atom is 0.152 e. The predicted molar refractivity (Wildman–Crippen MR) is 87.5 cm³/mol. The van der Waals surface area contributed by atoms with Crippen molar-refractivity contribution in [1.82, 2.24) is 20.3 Å². The zero-order valence-corrected chi connectivity index (χ0v) is 13.2. The third-order valence-corrected chi connectivity index (χ3v) is 4.33. The van der Waals surface area contributed by atoms with E-state index in [9.17, 15) is 4.39 Å². The molecule has 4 rings (SSSR count). The summed E-state index contributed by atoms with van der Waals surface area (Å²) in [6.07, 6.45) is 3.94. The Morgan fingerprint density at radius 1 is 1.29 bits per heavy atom. The maximum atomic E-state index is 14.5. The van der Waals surface area contributed by atoms with Gasteiger partial charge in [-0.1, -0.05) is 16.4 Å². The van der Waals surface area contributed by atoms with Gasteiger partial charge in [-0.3, -0.25) is 0 Å². The number of halogens is 1. The van der Waals surface area contributed by atoms with Crippen molar-refractivity contribution in [3.05, 3.63) is 42.0 Å². The van der Waals surface area contributed by atoms with Gasteiger partial charge in [0.05, 0.1) is 24.1 Å². The largest absolute Gasteiger partial charge is 0.390 e. The first-order valence-electron chi connectivity index (χ1n) is 8.12. The average Bonchev–Trinajstić information content (AvgIpc) is 3.28. The molecule has 0 bridgehead atoms. The van der Waals surface area contributed by atoms with Crippen LogP contribution in [-0.2, 0) is 11.4 Å². The molecule has 1 saturated heterocycles. The summed E-state index contributed by atoms with van der Waals surface area (Å²) in [5.74, 6) is -0.211. The van der Waals surface area contributed by atoms with Crippen molar-refractivity contribution in [2.75, 3.05) is 31.1 Å². The highest BCUT2D eigenvalue weighted by molar-refractivity contribution is 6.01. The number of aromatic nitrogens is 3. The molecule has 0 spiro atoms. The molecule has 0 unspecified atom stereocenters. The summed E-state index contributed by atoms with van der Waals surface area (Å²) in [6, 6.07) is 5.31. The van der Waals surface area contributed by atoms with E-state index in [1.54, 1.807) is 23.1 Å². The van der Waals surface area contributed by atoms with Crippen LogP contribution in [0.2, 0.25) is 0 Å². The monoisotopic (exact) mass is 330 g/mol. The topological polar surface area (TPSA) is 67.6 Å². The van der Waals surface area contributed by atoms with Crippen molar-refractivity contribution in [3.63, 3.8) is 0 Å². The molecule has 1 fully saturated rings. The number of benzene rings is 1. The molecule has 24 heavy (non-hydrogen) atoms. The van der Waals surface area contributed by atoms with Gasteiger partial charge in [-0.25, -0.2) is 9.07 Å². The quantitative estimate of drug-likeness (QED) is 0.907. The summed E-state index contributed by atoms with van der Waals surface area (Å²) in [6.45, 7) is 3.98. The predicted octanol–water partition coefficient (Wildman–Crippen LogP) is 1.02. The van der Waals surface area contributed by atoms with Crippen LogP contribution in [0.25, 0.3) is 0 Å². The Bertz CT molecular complexity index is 726. The van der Waals surface area contributed by atoms with Crippen LogP contribution in [0, 0.1) is 5.82 Å². The minimum Gasteiger partial charge on any atom is -0.390 e. The van der Waals surface area contributed by atoms with E-state index in [1.807, 2.05) is 12.1 Å². The van der Waals surface area contributed by atoms with Gasteiger partial charge in [0.1, 0.15) is 5.82 Å². The number of piperazine rings is 1. The second-order valence-corrected chi connectivity index (χ2v) is 6.00. The lowest BCUT2D eigenvalue weighted by molar-refractivity contribution is 0.0693. The molecule has 8 heteroatoms. The van der Waals surface area contributed by atoms with Crippen molar-refractivity contribution in [1.29, 1.82) is 0 Å². The molecule has 2 aliphatic heterocycles. The summed E-state index contributed by atoms with van der Waals surface area (Å²) in [4.78, 5) is 7.50. The summed E-state index contributed by atoms with van der Waals surface area (Å²) in [5, 5.41) is 15.1. The van der Waals surface area contributed by atoms with E-state index in [2.05, 4.69) is 25.7 Å². The van der Waals surface area contributed by atoms with E-state index < -0.39 is 0 Å². The fourth-order valence-electron chi connectivity index (χ4n) is 3.08. The lowest BCUT2D eigenvalue weighted by atomic mass is 10.0. The van der Waals surface area contributed by atoms with Crippen LogP contribution >= 0.6 is 0 Å². The van der Waals surface area contributed by atoms with Gasteiger partial charge < -0.3 is 15.1 Å². The van der Waals surface area contributed by atoms with Gasteiger partial charge >= 0.3 is 0 Å². The zero-order chi connectivity index (χ0) is 16.4. The molecule has 0 radical (unpaired) electrons. The van der Waals surface area contributed by atoms with E-state index in [1.165, 1.54) is 0 Å². The highest BCUT2D eigenvalue weighted by Gasteiger charge is 2.24. The third kappa shape index (κ3) is 3.09. The molecule has 126 valence electrons. The third-order valence-electron chi connectivity index (χ3n) is 4.33. The molecule has 7 nitrogen and oxygen atoms in total. The number of oxime groups is 1. The van der Waals surface area contributed by atoms with Crippen LogP contribution in [0.1, 0.15) is 12.0 Å². The van der Waals surface area contributed by atoms with E-state index >= 15 is 0 Å². The molecular weight excluding hydrogens is 311 g/mol. The summed E-state index contributed by atoms with van der Waals surface area (Å²) in [5.41, 5.74) is 2.19. The minimum absolute atomic E-state index is 0.0994. The molecule has 1 N–H and O–H groups in total. The first-order chi connectivity index (χ1) is 11.8. The Kier molecular flexibility index (Phi) is 4.12. The summed E-state index contributed by atoms with van der Waals surface area (Å²) < 4.78 is 16.2. The molecule has 2 aromatic rings. The lowest BCUT2D eigenvalue weighted by Crippen LogP contribution is -2.43. The van der Waals surface area contributed by atoms with Gasteiger partial charge in [-0.05, 0) is 12.1 Å². The Morgan fingerprint density at radius 2 is 2.17 bits per heavy atom. The first kappa shape index (κ1) is 15.1. The number of nitrogens with zero attached hydrogens (tertiary/aromatic N) is 5. The highest BCUT2D eigenvalue weighted by atomic mass is 19.1. The van der Waals surface area contributed by atoms with Gasteiger partial charge in [0, 0.05) is 44.4 Å². The Balaban J connectivity index is 1.44. The van der Waals surface area contributed by atoms with Gasteiger partial charge in [-0.15, -0.1) is 5.10 Å². The minimum atomic E-state index is -0.211. The molecular formula is C16H19FN6O. The van der Waals surface area contributed by atoms with Crippen LogP contribution in [0.5, 0.6) is 0 Å². The molecule has 3 heterocycles. The van der Waals surface area contributed by atoms with Crippen LogP contribution in [0.15, 0.2) is 35.7 Å². The van der Waals surface area contributed by atoms with E-state index in [4.69, 9.17) is 4.84 Å². The number of rotatable bonds is 4. The van der Waals surface area contributed by atoms with Crippen molar-refractivity contribution < 1.29 is 9.23 Å². The second kappa shape index (κ2) is 6.56. The molecule has 1 aromatic carbocycles. The van der Waals surface area contributed by atoms with Crippen LogP contribution in [0.3, 0.4) is 0 Å². The molecule has 2 aliphatic rings. The Morgan fingerprint density at radius 3 is 2.92 bits per heavy atom. The second-order valence-electron chi connectivity index (χ2n) is 6.00. The van der Waals surface area contributed by atoms with Crippen molar-refractivity contribution in [2.45, 2.75) is 19.1 Å². The average molecular weight is 330 g/mol. The molecule has 1 aromatic heterocycles. The molecule has 0 saturated carbocycles. The maximum absolute atomic E-state index is 14.5. The Labute approximate surface area is 139 Å². The van der Waals surface area contributed by atoms with Crippen molar-refractivity contribution in [3.8, 4) is 0 Å². The smallest absolute Gasteiger partial charge is 0.152 e. The zero-order valence-electron chi connectivity index (χ0n) is 13.2. The van der Waals surface area contributed by atoms with Gasteiger partial charge in [0.25, 0.3) is 0 Å². The van der Waals surface area contributed by atoms with E-state index in [-0.39, 0.29) is 11.9 Å². The SMILES string of the molecule is Fc1cc(C2=NO[C@H](Cn3ccnn3)C2)ccc1N1CCNCC1. The number of hydrogen-bond acceptors (Lipinski definition) is 6. The molecule has 1 atom stereocenters. The van der Waals surface area contributed by atoms with E-state index in [0.717, 1.165) is 37.5 Å². The van der Waals surface area contributed by atoms with Crippen LogP contribution < -0.4 is 10.2 Å². The molecule has 0 amide bonds. The number of hydrogen-bond donors (Lipinski definition) is 1. The lowest BCUT2D eigenvalue weighted by Gasteiger charge is -2.29. The van der Waals surface area contributed by atoms with Gasteiger partial charge in [0.2, 0.25) is 0 Å². The Hall–Kier alpha value is -2.48. The summed E-state index contributed by atoms with van der Waals surface area (Å²) in [7, 11) is 0. The first-order valence-corrected chi connectivity index (χ1v) is 8.12. The highest BCUT2D eigenvalue weighted by Crippen LogP contribution is 2.24. The normalized spacial score (nSPS) is 20.8. The fourth-order valence-corrected chi connectivity index (χ4v) is 3.08. The van der Waals surface area contributed by atoms with E-state index in [0.29, 0.717) is 18.7 Å². The number of anilines is 1. The van der Waals surface area contributed by atoms with Crippen molar-refractivity contribution >= 4 is 11.4 Å².